The van der Waals surface area contributed by atoms with Crippen LogP contribution in [0.15, 0.2) is 24.3 Å². The fraction of sp³-hybridized carbons (Fsp3) is 0.667. The Morgan fingerprint density at radius 1 is 1.09 bits per heavy atom. The average molecular weight is 319 g/mol. The molecular weight excluding hydrogens is 290 g/mol. The predicted molar refractivity (Wildman–Crippen MR) is 91.8 cm³/mol. The molecule has 5 heteroatoms. The summed E-state index contributed by atoms with van der Waals surface area (Å²) < 4.78 is 11.5. The van der Waals surface area contributed by atoms with Gasteiger partial charge in [-0.25, -0.2) is 0 Å². The van der Waals surface area contributed by atoms with E-state index in [2.05, 4.69) is 28.0 Å². The predicted octanol–water partition coefficient (Wildman–Crippen LogP) is 1.49. The number of nitrogens with zero attached hydrogens (tertiary/aromatic N) is 2. The van der Waals surface area contributed by atoms with Crippen LogP contribution in [0.4, 0.5) is 0 Å². The summed E-state index contributed by atoms with van der Waals surface area (Å²) >= 11 is 0. The fourth-order valence-electron chi connectivity index (χ4n) is 3.52. The molecule has 0 aromatic heterocycles. The van der Waals surface area contributed by atoms with Gasteiger partial charge in [0.25, 0.3) is 0 Å². The Labute approximate surface area is 139 Å². The van der Waals surface area contributed by atoms with Crippen molar-refractivity contribution in [2.24, 2.45) is 5.73 Å². The number of hydrogen-bond donors (Lipinski definition) is 1. The molecule has 3 rings (SSSR count). The van der Waals surface area contributed by atoms with Crippen LogP contribution in [0.1, 0.15) is 24.4 Å². The molecule has 1 atom stereocenters. The van der Waals surface area contributed by atoms with Crippen LogP contribution >= 0.6 is 0 Å². The minimum Gasteiger partial charge on any atom is -0.492 e. The third kappa shape index (κ3) is 4.44. The maximum atomic E-state index is 6.12. The van der Waals surface area contributed by atoms with Crippen LogP contribution in [0.3, 0.4) is 0 Å². The largest absolute Gasteiger partial charge is 0.492 e. The van der Waals surface area contributed by atoms with Gasteiger partial charge in [-0.15, -0.1) is 0 Å². The number of benzene rings is 1. The smallest absolute Gasteiger partial charge is 0.124 e. The van der Waals surface area contributed by atoms with Crippen molar-refractivity contribution in [3.8, 4) is 5.75 Å². The van der Waals surface area contributed by atoms with Gasteiger partial charge in [-0.05, 0) is 32.0 Å². The average Bonchev–Trinajstić information content (AvgIpc) is 3.12. The number of rotatable bonds is 7. The number of nitrogens with two attached hydrogens (primary N) is 1. The lowest BCUT2D eigenvalue weighted by molar-refractivity contribution is 0.0321. The lowest BCUT2D eigenvalue weighted by Crippen LogP contribution is -2.38. The quantitative estimate of drug-likeness (QED) is 0.825. The Balaban J connectivity index is 1.60. The van der Waals surface area contributed by atoms with Crippen LogP contribution in [0.25, 0.3) is 0 Å². The van der Waals surface area contributed by atoms with E-state index in [0.717, 1.165) is 51.7 Å². The van der Waals surface area contributed by atoms with Gasteiger partial charge in [-0.2, -0.15) is 0 Å². The van der Waals surface area contributed by atoms with Crippen LogP contribution in [-0.2, 0) is 4.74 Å². The van der Waals surface area contributed by atoms with E-state index in [0.29, 0.717) is 13.2 Å². The van der Waals surface area contributed by atoms with E-state index in [4.69, 9.17) is 15.2 Å². The van der Waals surface area contributed by atoms with Gasteiger partial charge >= 0.3 is 0 Å². The molecule has 2 N–H and O–H groups in total. The van der Waals surface area contributed by atoms with E-state index < -0.39 is 0 Å². The van der Waals surface area contributed by atoms with Gasteiger partial charge in [0.2, 0.25) is 0 Å². The highest BCUT2D eigenvalue weighted by atomic mass is 16.5. The normalized spacial score (nSPS) is 21.4. The monoisotopic (exact) mass is 319 g/mol. The van der Waals surface area contributed by atoms with E-state index in [1.54, 1.807) is 0 Å². The molecule has 0 aliphatic carbocycles. The zero-order valence-corrected chi connectivity index (χ0v) is 14.0. The Bertz CT molecular complexity index is 471. The molecule has 1 aromatic rings. The van der Waals surface area contributed by atoms with Crippen LogP contribution in [0.2, 0.25) is 0 Å². The number of para-hydroxylation sites is 1. The van der Waals surface area contributed by atoms with E-state index in [1.807, 2.05) is 6.07 Å². The van der Waals surface area contributed by atoms with E-state index in [1.165, 1.54) is 18.4 Å². The molecular formula is C18H29N3O2. The summed E-state index contributed by atoms with van der Waals surface area (Å²) in [5.41, 5.74) is 7.31. The highest BCUT2D eigenvalue weighted by molar-refractivity contribution is 5.36. The van der Waals surface area contributed by atoms with Crippen molar-refractivity contribution in [1.29, 1.82) is 0 Å². The van der Waals surface area contributed by atoms with Gasteiger partial charge in [0, 0.05) is 31.7 Å². The molecule has 1 unspecified atom stereocenters. The van der Waals surface area contributed by atoms with Crippen LogP contribution in [0, 0.1) is 0 Å². The summed E-state index contributed by atoms with van der Waals surface area (Å²) in [5.74, 6) is 0.989. The molecule has 2 fully saturated rings. The SMILES string of the molecule is NCC(c1ccccc1OCCN1CCOCC1)N1CCCC1. The zero-order chi connectivity index (χ0) is 15.9. The maximum absolute atomic E-state index is 6.12. The second-order valence-corrected chi connectivity index (χ2v) is 6.33. The Morgan fingerprint density at radius 3 is 2.57 bits per heavy atom. The second-order valence-electron chi connectivity index (χ2n) is 6.33. The standard InChI is InChI=1S/C18H29N3O2/c19-15-17(21-7-3-4-8-21)16-5-1-2-6-18(16)23-14-11-20-9-12-22-13-10-20/h1-2,5-6,17H,3-4,7-15,19H2. The molecule has 0 spiro atoms. The number of hydrogen-bond acceptors (Lipinski definition) is 5. The summed E-state index contributed by atoms with van der Waals surface area (Å²) in [7, 11) is 0. The first-order valence-corrected chi connectivity index (χ1v) is 8.84. The molecule has 0 radical (unpaired) electrons. The highest BCUT2D eigenvalue weighted by Crippen LogP contribution is 2.31. The maximum Gasteiger partial charge on any atom is 0.124 e. The molecule has 0 bridgehead atoms. The summed E-state index contributed by atoms with van der Waals surface area (Å²) in [4.78, 5) is 4.89. The second kappa shape index (κ2) is 8.64. The first-order chi connectivity index (χ1) is 11.4. The van der Waals surface area contributed by atoms with Gasteiger partial charge in [0.05, 0.1) is 19.3 Å². The fourth-order valence-corrected chi connectivity index (χ4v) is 3.52. The van der Waals surface area contributed by atoms with Crippen molar-refractivity contribution >= 4 is 0 Å². The molecule has 23 heavy (non-hydrogen) atoms. The molecule has 2 heterocycles. The topological polar surface area (TPSA) is 51.0 Å². The molecule has 2 saturated heterocycles. The number of likely N-dealkylation sites (tertiary alicyclic amines) is 1. The third-order valence-corrected chi connectivity index (χ3v) is 4.85. The molecule has 1 aromatic carbocycles. The summed E-state index contributed by atoms with van der Waals surface area (Å²) in [6.07, 6.45) is 2.55. The van der Waals surface area contributed by atoms with Crippen LogP contribution in [0.5, 0.6) is 5.75 Å². The molecule has 128 valence electrons. The van der Waals surface area contributed by atoms with Crippen LogP contribution < -0.4 is 10.5 Å². The Kier molecular flexibility index (Phi) is 6.28. The van der Waals surface area contributed by atoms with Crippen molar-refractivity contribution < 1.29 is 9.47 Å². The van der Waals surface area contributed by atoms with Crippen molar-refractivity contribution in [3.05, 3.63) is 29.8 Å². The number of ether oxygens (including phenoxy) is 2. The molecule has 0 saturated carbocycles. The lowest BCUT2D eigenvalue weighted by atomic mass is 10.0. The van der Waals surface area contributed by atoms with Crippen molar-refractivity contribution in [2.45, 2.75) is 18.9 Å². The van der Waals surface area contributed by atoms with E-state index >= 15 is 0 Å². The minimum atomic E-state index is 0.275. The first kappa shape index (κ1) is 16.7. The summed E-state index contributed by atoms with van der Waals surface area (Å²) in [6.45, 7) is 8.27. The Morgan fingerprint density at radius 2 is 1.83 bits per heavy atom. The number of morpholine rings is 1. The van der Waals surface area contributed by atoms with Crippen molar-refractivity contribution in [1.82, 2.24) is 9.80 Å². The zero-order valence-electron chi connectivity index (χ0n) is 14.0. The van der Waals surface area contributed by atoms with Gasteiger partial charge in [-0.1, -0.05) is 18.2 Å². The third-order valence-electron chi connectivity index (χ3n) is 4.85. The summed E-state index contributed by atoms with van der Waals surface area (Å²) in [6, 6.07) is 8.65. The molecule has 0 amide bonds. The van der Waals surface area contributed by atoms with Gasteiger partial charge in [0.15, 0.2) is 0 Å². The van der Waals surface area contributed by atoms with E-state index in [-0.39, 0.29) is 6.04 Å². The minimum absolute atomic E-state index is 0.275. The highest BCUT2D eigenvalue weighted by Gasteiger charge is 2.24. The van der Waals surface area contributed by atoms with Gasteiger partial charge in [0.1, 0.15) is 12.4 Å². The lowest BCUT2D eigenvalue weighted by Gasteiger charge is -2.29. The van der Waals surface area contributed by atoms with Crippen LogP contribution in [-0.4, -0.2) is 68.9 Å². The molecule has 5 nitrogen and oxygen atoms in total. The van der Waals surface area contributed by atoms with Gasteiger partial charge < -0.3 is 15.2 Å². The van der Waals surface area contributed by atoms with E-state index in [9.17, 15) is 0 Å². The Hall–Kier alpha value is -1.14. The van der Waals surface area contributed by atoms with Crippen molar-refractivity contribution in [3.63, 3.8) is 0 Å². The van der Waals surface area contributed by atoms with Gasteiger partial charge in [-0.3, -0.25) is 9.80 Å². The molecule has 2 aliphatic rings. The van der Waals surface area contributed by atoms with Crippen molar-refractivity contribution in [2.75, 3.05) is 59.1 Å². The summed E-state index contributed by atoms with van der Waals surface area (Å²) in [5, 5.41) is 0. The first-order valence-electron chi connectivity index (χ1n) is 8.84. The molecule has 2 aliphatic heterocycles.